The van der Waals surface area contributed by atoms with Crippen LogP contribution < -0.4 is 29.1 Å². The zero-order valence-corrected chi connectivity index (χ0v) is 19.3. The summed E-state index contributed by atoms with van der Waals surface area (Å²) in [6.07, 6.45) is 1.63. The maximum atomic E-state index is 13.5. The number of rotatable bonds is 5. The Morgan fingerprint density at radius 1 is 1.26 bits per heavy atom. The minimum absolute atomic E-state index is 0.105. The van der Waals surface area contributed by atoms with Crippen molar-refractivity contribution in [3.8, 4) is 17.2 Å². The molecule has 0 saturated heterocycles. The monoisotopic (exact) mass is 486 g/mol. The lowest BCUT2D eigenvalue weighted by atomic mass is 9.79. The van der Waals surface area contributed by atoms with Crippen LogP contribution in [0.5, 0.6) is 17.2 Å². The van der Waals surface area contributed by atoms with Crippen LogP contribution in [0.3, 0.4) is 0 Å². The Kier molecular flexibility index (Phi) is 5.27. The molecule has 2 aromatic carbocycles. The average molecular weight is 486 g/mol. The number of Topliss-reactive ketones (excluding diaryl/α,β-unsaturated/α-hetero) is 1. The summed E-state index contributed by atoms with van der Waals surface area (Å²) < 4.78 is 43.0. The van der Waals surface area contributed by atoms with Gasteiger partial charge in [0.2, 0.25) is 5.72 Å². The molecule has 1 aromatic heterocycles. The Morgan fingerprint density at radius 3 is 2.74 bits per heavy atom. The highest BCUT2D eigenvalue weighted by Crippen LogP contribution is 2.47. The SMILES string of the molecule is COc1cc(/C=c2\sc3n(c2=O)[C@@H]2c4ccccc4O[C@](C)(N=3)[C@@H]2C(C)=O)ccc1OC(F)F. The van der Waals surface area contributed by atoms with Gasteiger partial charge in [0, 0.05) is 5.56 Å². The summed E-state index contributed by atoms with van der Waals surface area (Å²) in [4.78, 5) is 31.4. The third kappa shape index (κ3) is 3.49. The Bertz CT molecular complexity index is 1480. The minimum atomic E-state index is -2.99. The molecule has 0 fully saturated rings. The summed E-state index contributed by atoms with van der Waals surface area (Å²) in [7, 11) is 1.34. The molecule has 0 spiro atoms. The van der Waals surface area contributed by atoms with Gasteiger partial charge in [-0.05, 0) is 43.7 Å². The number of hydrogen-bond donors (Lipinski definition) is 0. The smallest absolute Gasteiger partial charge is 0.387 e. The van der Waals surface area contributed by atoms with Crippen LogP contribution in [-0.2, 0) is 4.79 Å². The van der Waals surface area contributed by atoms with Crippen molar-refractivity contribution in [2.24, 2.45) is 10.9 Å². The molecule has 0 amide bonds. The molecule has 0 aliphatic carbocycles. The number of aromatic nitrogens is 1. The number of carbonyl (C=O) groups excluding carboxylic acids is 1. The van der Waals surface area contributed by atoms with E-state index in [-0.39, 0.29) is 22.8 Å². The summed E-state index contributed by atoms with van der Waals surface area (Å²) >= 11 is 1.17. The van der Waals surface area contributed by atoms with Crippen LogP contribution in [0.1, 0.15) is 31.0 Å². The predicted octanol–water partition coefficient (Wildman–Crippen LogP) is 2.89. The molecule has 176 valence electrons. The van der Waals surface area contributed by atoms with Crippen molar-refractivity contribution in [1.82, 2.24) is 4.57 Å². The maximum absolute atomic E-state index is 13.5. The van der Waals surface area contributed by atoms with E-state index in [1.165, 1.54) is 37.5 Å². The van der Waals surface area contributed by atoms with E-state index in [2.05, 4.69) is 4.74 Å². The van der Waals surface area contributed by atoms with Crippen LogP contribution in [0, 0.1) is 5.92 Å². The molecule has 2 aliphatic rings. The van der Waals surface area contributed by atoms with Crippen LogP contribution in [0.2, 0.25) is 0 Å². The molecule has 0 radical (unpaired) electrons. The van der Waals surface area contributed by atoms with Gasteiger partial charge >= 0.3 is 6.61 Å². The lowest BCUT2D eigenvalue weighted by Crippen LogP contribution is -2.58. The number of nitrogens with zero attached hydrogens (tertiary/aromatic N) is 2. The molecule has 3 heterocycles. The number of carbonyl (C=O) groups is 1. The number of hydrogen-bond acceptors (Lipinski definition) is 7. The van der Waals surface area contributed by atoms with Crippen molar-refractivity contribution >= 4 is 23.2 Å². The first-order chi connectivity index (χ1) is 16.2. The molecule has 7 nitrogen and oxygen atoms in total. The standard InChI is InChI=1S/C24H20F2N2O5S/c1-12(29)19-20-14-6-4-5-7-15(14)33-24(19,2)27-23-28(20)21(30)18(34-23)11-13-8-9-16(32-22(25)26)17(10-13)31-3/h4-11,19-20,22H,1-3H3/b18-11-/t19-,20-,24+/m1/s1. The van der Waals surface area contributed by atoms with E-state index in [1.54, 1.807) is 29.7 Å². The highest BCUT2D eigenvalue weighted by Gasteiger charge is 2.53. The number of para-hydroxylation sites is 1. The largest absolute Gasteiger partial charge is 0.493 e. The quantitative estimate of drug-likeness (QED) is 0.554. The van der Waals surface area contributed by atoms with Gasteiger partial charge in [-0.15, -0.1) is 0 Å². The molecule has 2 aliphatic heterocycles. The summed E-state index contributed by atoms with van der Waals surface area (Å²) in [6, 6.07) is 11.2. The Labute approximate surface area is 196 Å². The zero-order valence-electron chi connectivity index (χ0n) is 18.5. The summed E-state index contributed by atoms with van der Waals surface area (Å²) in [6.45, 7) is 0.248. The molecule has 2 bridgehead atoms. The zero-order chi connectivity index (χ0) is 24.2. The Morgan fingerprint density at radius 2 is 2.03 bits per heavy atom. The molecule has 0 saturated carbocycles. The van der Waals surface area contributed by atoms with Gasteiger partial charge in [-0.25, -0.2) is 4.99 Å². The number of ketones is 1. The van der Waals surface area contributed by atoms with Gasteiger partial charge in [0.25, 0.3) is 5.56 Å². The molecular weight excluding hydrogens is 466 g/mol. The van der Waals surface area contributed by atoms with E-state index in [0.29, 0.717) is 20.6 Å². The Balaban J connectivity index is 1.69. The van der Waals surface area contributed by atoms with Gasteiger partial charge in [0.1, 0.15) is 17.5 Å². The van der Waals surface area contributed by atoms with E-state index in [1.807, 2.05) is 18.2 Å². The molecular formula is C24H20F2N2O5S. The van der Waals surface area contributed by atoms with E-state index < -0.39 is 24.3 Å². The normalized spacial score (nSPS) is 22.9. The van der Waals surface area contributed by atoms with Crippen molar-refractivity contribution in [2.75, 3.05) is 7.11 Å². The van der Waals surface area contributed by atoms with E-state index >= 15 is 0 Å². The fraction of sp³-hybridized carbons (Fsp3) is 0.292. The fourth-order valence-electron chi connectivity index (χ4n) is 4.67. The first kappa shape index (κ1) is 22.3. The third-order valence-corrected chi connectivity index (χ3v) is 7.00. The molecule has 0 N–H and O–H groups in total. The van der Waals surface area contributed by atoms with E-state index in [4.69, 9.17) is 14.5 Å². The first-order valence-corrected chi connectivity index (χ1v) is 11.3. The average Bonchev–Trinajstić information content (AvgIpc) is 3.07. The highest BCUT2D eigenvalue weighted by molar-refractivity contribution is 7.07. The lowest BCUT2D eigenvalue weighted by Gasteiger charge is -2.45. The van der Waals surface area contributed by atoms with Gasteiger partial charge in [0.15, 0.2) is 16.3 Å². The van der Waals surface area contributed by atoms with Crippen LogP contribution in [0.4, 0.5) is 8.78 Å². The molecule has 3 atom stereocenters. The van der Waals surface area contributed by atoms with Crippen molar-refractivity contribution in [3.63, 3.8) is 0 Å². The summed E-state index contributed by atoms with van der Waals surface area (Å²) in [5.74, 6) is -0.195. The number of fused-ring (bicyclic) bond motifs is 6. The summed E-state index contributed by atoms with van der Waals surface area (Å²) in [5, 5.41) is 0. The highest BCUT2D eigenvalue weighted by atomic mass is 32.1. The number of halogens is 2. The molecule has 3 aromatic rings. The van der Waals surface area contributed by atoms with Crippen LogP contribution >= 0.6 is 11.3 Å². The van der Waals surface area contributed by atoms with Gasteiger partial charge in [-0.3, -0.25) is 14.2 Å². The van der Waals surface area contributed by atoms with Crippen LogP contribution in [0.15, 0.2) is 52.3 Å². The molecule has 5 rings (SSSR count). The van der Waals surface area contributed by atoms with Crippen molar-refractivity contribution < 1.29 is 27.8 Å². The number of alkyl halides is 2. The molecule has 34 heavy (non-hydrogen) atoms. The predicted molar refractivity (Wildman–Crippen MR) is 120 cm³/mol. The lowest BCUT2D eigenvalue weighted by molar-refractivity contribution is -0.132. The van der Waals surface area contributed by atoms with Crippen LogP contribution in [-0.4, -0.2) is 29.8 Å². The second kappa shape index (κ2) is 8.05. The maximum Gasteiger partial charge on any atom is 0.387 e. The van der Waals surface area contributed by atoms with E-state index in [9.17, 15) is 18.4 Å². The van der Waals surface area contributed by atoms with Crippen molar-refractivity contribution in [3.05, 3.63) is 73.3 Å². The second-order valence-electron chi connectivity index (χ2n) is 8.20. The van der Waals surface area contributed by atoms with Crippen molar-refractivity contribution in [1.29, 1.82) is 0 Å². The van der Waals surface area contributed by atoms with Crippen LogP contribution in [0.25, 0.3) is 6.08 Å². The number of thiazole rings is 1. The first-order valence-electron chi connectivity index (χ1n) is 10.5. The van der Waals surface area contributed by atoms with Gasteiger partial charge in [-0.1, -0.05) is 35.6 Å². The number of benzene rings is 2. The fourth-order valence-corrected chi connectivity index (χ4v) is 5.77. The third-order valence-electron chi connectivity index (χ3n) is 6.02. The number of methoxy groups -OCH3 is 1. The molecule has 10 heteroatoms. The Hall–Kier alpha value is -3.53. The number of ether oxygens (including phenoxy) is 3. The van der Waals surface area contributed by atoms with E-state index in [0.717, 1.165) is 5.56 Å². The topological polar surface area (TPSA) is 79.1 Å². The second-order valence-corrected chi connectivity index (χ2v) is 9.21. The molecule has 0 unspecified atom stereocenters. The van der Waals surface area contributed by atoms with Gasteiger partial charge in [0.05, 0.1) is 17.7 Å². The van der Waals surface area contributed by atoms with Gasteiger partial charge < -0.3 is 14.2 Å². The van der Waals surface area contributed by atoms with Gasteiger partial charge in [-0.2, -0.15) is 8.78 Å². The van der Waals surface area contributed by atoms with Crippen molar-refractivity contribution in [2.45, 2.75) is 32.2 Å². The summed E-state index contributed by atoms with van der Waals surface area (Å²) in [5.41, 5.74) is -0.135. The minimum Gasteiger partial charge on any atom is -0.493 e.